The maximum atomic E-state index is 13.4. The predicted molar refractivity (Wildman–Crippen MR) is 74.4 cm³/mol. The van der Waals surface area contributed by atoms with Crippen molar-refractivity contribution in [2.45, 2.75) is 39.3 Å². The van der Waals surface area contributed by atoms with Crippen LogP contribution in [0.1, 0.15) is 32.3 Å². The molecule has 0 atom stereocenters. The van der Waals surface area contributed by atoms with Gasteiger partial charge in [-0.05, 0) is 63.4 Å². The summed E-state index contributed by atoms with van der Waals surface area (Å²) in [5.74, 6) is 0.680. The van der Waals surface area contributed by atoms with Crippen LogP contribution in [0, 0.1) is 11.7 Å². The number of benzene rings is 1. The number of rotatable bonds is 6. The van der Waals surface area contributed by atoms with Crippen molar-refractivity contribution < 1.29 is 4.39 Å². The van der Waals surface area contributed by atoms with Crippen molar-refractivity contribution in [1.29, 1.82) is 0 Å². The summed E-state index contributed by atoms with van der Waals surface area (Å²) in [4.78, 5) is 2.41. The highest BCUT2D eigenvalue weighted by atomic mass is 19.1. The van der Waals surface area contributed by atoms with Gasteiger partial charge in [0.05, 0.1) is 0 Å². The second-order valence-corrected chi connectivity index (χ2v) is 5.49. The van der Waals surface area contributed by atoms with Crippen LogP contribution in [0.25, 0.3) is 0 Å². The monoisotopic (exact) mass is 250 g/mol. The van der Waals surface area contributed by atoms with E-state index in [1.54, 1.807) is 12.1 Å². The molecule has 3 heteroatoms. The van der Waals surface area contributed by atoms with E-state index < -0.39 is 0 Å². The molecule has 1 aromatic rings. The number of nitrogens with one attached hydrogen (secondary N) is 1. The van der Waals surface area contributed by atoms with E-state index in [9.17, 15) is 4.39 Å². The largest absolute Gasteiger partial charge is 0.369 e. The molecule has 0 spiro atoms. The maximum Gasteiger partial charge on any atom is 0.123 e. The Morgan fingerprint density at radius 1 is 1.39 bits per heavy atom. The van der Waals surface area contributed by atoms with Gasteiger partial charge in [-0.15, -0.1) is 0 Å². The molecule has 1 N–H and O–H groups in total. The van der Waals surface area contributed by atoms with Crippen molar-refractivity contribution in [1.82, 2.24) is 5.32 Å². The molecule has 0 amide bonds. The minimum absolute atomic E-state index is 0.154. The van der Waals surface area contributed by atoms with Gasteiger partial charge < -0.3 is 10.2 Å². The van der Waals surface area contributed by atoms with Crippen LogP contribution in [-0.2, 0) is 6.54 Å². The SMILES string of the molecule is CNCc1cc(F)ccc1N(CC1CC1)C(C)C. The Hall–Kier alpha value is -1.09. The maximum absolute atomic E-state index is 13.4. The van der Waals surface area contributed by atoms with E-state index in [0.29, 0.717) is 12.6 Å². The van der Waals surface area contributed by atoms with E-state index in [4.69, 9.17) is 0 Å². The van der Waals surface area contributed by atoms with Gasteiger partial charge in [0, 0.05) is 24.8 Å². The van der Waals surface area contributed by atoms with Gasteiger partial charge in [0.2, 0.25) is 0 Å². The zero-order valence-corrected chi connectivity index (χ0v) is 11.5. The second kappa shape index (κ2) is 5.70. The van der Waals surface area contributed by atoms with Crippen LogP contribution in [0.2, 0.25) is 0 Å². The van der Waals surface area contributed by atoms with Gasteiger partial charge in [-0.3, -0.25) is 0 Å². The van der Waals surface area contributed by atoms with E-state index in [0.717, 1.165) is 18.0 Å². The number of halogens is 1. The Kier molecular flexibility index (Phi) is 4.23. The smallest absolute Gasteiger partial charge is 0.123 e. The first kappa shape index (κ1) is 13.3. The van der Waals surface area contributed by atoms with Gasteiger partial charge >= 0.3 is 0 Å². The molecular formula is C15H23FN2. The third-order valence-electron chi connectivity index (χ3n) is 3.49. The van der Waals surface area contributed by atoms with Crippen LogP contribution >= 0.6 is 0 Å². The Morgan fingerprint density at radius 2 is 2.11 bits per heavy atom. The summed E-state index contributed by atoms with van der Waals surface area (Å²) in [6, 6.07) is 5.58. The van der Waals surface area contributed by atoms with Crippen LogP contribution in [-0.4, -0.2) is 19.6 Å². The fourth-order valence-electron chi connectivity index (χ4n) is 2.33. The normalized spacial score (nSPS) is 15.2. The first-order chi connectivity index (χ1) is 8.61. The molecule has 1 aliphatic rings. The van der Waals surface area contributed by atoms with Crippen LogP contribution in [0.3, 0.4) is 0 Å². The lowest BCUT2D eigenvalue weighted by atomic mass is 10.1. The lowest BCUT2D eigenvalue weighted by Crippen LogP contribution is -2.34. The molecule has 1 saturated carbocycles. The van der Waals surface area contributed by atoms with Gasteiger partial charge in [-0.1, -0.05) is 0 Å². The van der Waals surface area contributed by atoms with Crippen molar-refractivity contribution in [3.05, 3.63) is 29.6 Å². The number of anilines is 1. The van der Waals surface area contributed by atoms with Crippen LogP contribution in [0.4, 0.5) is 10.1 Å². The molecule has 0 unspecified atom stereocenters. The summed E-state index contributed by atoms with van der Waals surface area (Å²) in [7, 11) is 1.90. The van der Waals surface area contributed by atoms with Gasteiger partial charge in [0.15, 0.2) is 0 Å². The molecule has 100 valence electrons. The van der Waals surface area contributed by atoms with Gasteiger partial charge in [0.25, 0.3) is 0 Å². The fourth-order valence-corrected chi connectivity index (χ4v) is 2.33. The highest BCUT2D eigenvalue weighted by Gasteiger charge is 2.26. The summed E-state index contributed by atoms with van der Waals surface area (Å²) in [5.41, 5.74) is 2.22. The van der Waals surface area contributed by atoms with Crippen molar-refractivity contribution in [2.24, 2.45) is 5.92 Å². The Bertz CT molecular complexity index is 399. The lowest BCUT2D eigenvalue weighted by Gasteiger charge is -2.31. The van der Waals surface area contributed by atoms with Crippen LogP contribution < -0.4 is 10.2 Å². The molecular weight excluding hydrogens is 227 g/mol. The quantitative estimate of drug-likeness (QED) is 0.834. The molecule has 1 fully saturated rings. The topological polar surface area (TPSA) is 15.3 Å². The molecule has 0 radical (unpaired) electrons. The summed E-state index contributed by atoms with van der Waals surface area (Å²) in [6.45, 7) is 6.21. The van der Waals surface area contributed by atoms with E-state index in [1.807, 2.05) is 13.1 Å². The van der Waals surface area contributed by atoms with E-state index >= 15 is 0 Å². The molecule has 0 aliphatic heterocycles. The van der Waals surface area contributed by atoms with Crippen molar-refractivity contribution in [2.75, 3.05) is 18.5 Å². The summed E-state index contributed by atoms with van der Waals surface area (Å²) in [5, 5.41) is 3.12. The molecule has 0 saturated heterocycles. The van der Waals surface area contributed by atoms with Crippen molar-refractivity contribution in [3.8, 4) is 0 Å². The average molecular weight is 250 g/mol. The predicted octanol–water partition coefficient (Wildman–Crippen LogP) is 3.17. The first-order valence-corrected chi connectivity index (χ1v) is 6.81. The molecule has 1 aliphatic carbocycles. The summed E-state index contributed by atoms with van der Waals surface area (Å²) < 4.78 is 13.4. The summed E-state index contributed by atoms with van der Waals surface area (Å²) >= 11 is 0. The van der Waals surface area contributed by atoms with Gasteiger partial charge in [0.1, 0.15) is 5.82 Å². The Labute approximate surface area is 109 Å². The van der Waals surface area contributed by atoms with Crippen molar-refractivity contribution in [3.63, 3.8) is 0 Å². The minimum atomic E-state index is -0.154. The third kappa shape index (κ3) is 3.22. The Morgan fingerprint density at radius 3 is 2.67 bits per heavy atom. The molecule has 18 heavy (non-hydrogen) atoms. The zero-order valence-electron chi connectivity index (χ0n) is 11.5. The standard InChI is InChI=1S/C15H23FN2/c1-11(2)18(10-12-4-5-12)15-7-6-14(16)8-13(15)9-17-3/h6-8,11-12,17H,4-5,9-10H2,1-3H3. The highest BCUT2D eigenvalue weighted by molar-refractivity contribution is 5.54. The molecule has 0 heterocycles. The number of hydrogen-bond acceptors (Lipinski definition) is 2. The molecule has 0 aromatic heterocycles. The third-order valence-corrected chi connectivity index (χ3v) is 3.49. The van der Waals surface area contributed by atoms with Gasteiger partial charge in [-0.25, -0.2) is 4.39 Å². The van der Waals surface area contributed by atoms with Crippen LogP contribution in [0.5, 0.6) is 0 Å². The Balaban J connectivity index is 2.26. The second-order valence-electron chi connectivity index (χ2n) is 5.49. The van der Waals surface area contributed by atoms with E-state index in [1.165, 1.54) is 18.5 Å². The van der Waals surface area contributed by atoms with E-state index in [-0.39, 0.29) is 5.82 Å². The van der Waals surface area contributed by atoms with Crippen molar-refractivity contribution >= 4 is 5.69 Å². The molecule has 0 bridgehead atoms. The molecule has 2 rings (SSSR count). The highest BCUT2D eigenvalue weighted by Crippen LogP contribution is 2.33. The van der Waals surface area contributed by atoms with E-state index in [2.05, 4.69) is 24.1 Å². The summed E-state index contributed by atoms with van der Waals surface area (Å²) in [6.07, 6.45) is 2.68. The lowest BCUT2D eigenvalue weighted by molar-refractivity contribution is 0.615. The average Bonchev–Trinajstić information content (AvgIpc) is 3.11. The molecule has 2 nitrogen and oxygen atoms in total. The first-order valence-electron chi connectivity index (χ1n) is 6.81. The zero-order chi connectivity index (χ0) is 13.1. The minimum Gasteiger partial charge on any atom is -0.369 e. The number of hydrogen-bond donors (Lipinski definition) is 1. The fraction of sp³-hybridized carbons (Fsp3) is 0.600. The molecule has 1 aromatic carbocycles. The number of nitrogens with zero attached hydrogens (tertiary/aromatic N) is 1. The van der Waals surface area contributed by atoms with Gasteiger partial charge in [-0.2, -0.15) is 0 Å². The van der Waals surface area contributed by atoms with Crippen LogP contribution in [0.15, 0.2) is 18.2 Å².